The first-order valence-corrected chi connectivity index (χ1v) is 7.01. The minimum Gasteiger partial charge on any atom is -0.483 e. The summed E-state index contributed by atoms with van der Waals surface area (Å²) in [7, 11) is 0. The zero-order chi connectivity index (χ0) is 14.9. The summed E-state index contributed by atoms with van der Waals surface area (Å²) in [5, 5.41) is 2.84. The molecule has 0 radical (unpaired) electrons. The summed E-state index contributed by atoms with van der Waals surface area (Å²) < 4.78 is 5.50. The van der Waals surface area contributed by atoms with Gasteiger partial charge in [-0.15, -0.1) is 0 Å². The molecule has 0 aliphatic heterocycles. The highest BCUT2D eigenvalue weighted by molar-refractivity contribution is 5.77. The minimum absolute atomic E-state index is 0.00576. The first-order chi connectivity index (χ1) is 10.3. The number of benzene rings is 2. The first kappa shape index (κ1) is 15.1. The van der Waals surface area contributed by atoms with Crippen molar-refractivity contribution in [3.05, 3.63) is 65.7 Å². The van der Waals surface area contributed by atoms with Crippen LogP contribution in [0.1, 0.15) is 11.1 Å². The second-order valence-electron chi connectivity index (χ2n) is 4.69. The van der Waals surface area contributed by atoms with Crippen LogP contribution >= 0.6 is 0 Å². The average molecular weight is 284 g/mol. The number of para-hydroxylation sites is 1. The molecule has 0 bridgehead atoms. The van der Waals surface area contributed by atoms with Crippen LogP contribution in [0.3, 0.4) is 0 Å². The normalized spacial score (nSPS) is 10.1. The molecule has 0 aromatic heterocycles. The smallest absolute Gasteiger partial charge is 0.257 e. The van der Waals surface area contributed by atoms with E-state index < -0.39 is 0 Å². The molecular formula is C17H20N2O2. The van der Waals surface area contributed by atoms with Crippen molar-refractivity contribution in [3.63, 3.8) is 0 Å². The number of ether oxygens (including phenoxy) is 1. The molecule has 0 saturated heterocycles. The van der Waals surface area contributed by atoms with E-state index in [0.717, 1.165) is 12.0 Å². The maximum absolute atomic E-state index is 11.7. The second kappa shape index (κ2) is 8.07. The Balaban J connectivity index is 1.72. The van der Waals surface area contributed by atoms with Crippen LogP contribution in [-0.2, 0) is 17.8 Å². The fourth-order valence-corrected chi connectivity index (χ4v) is 2.00. The Bertz CT molecular complexity index is 570. The molecule has 4 nitrogen and oxygen atoms in total. The topological polar surface area (TPSA) is 64.3 Å². The zero-order valence-electron chi connectivity index (χ0n) is 11.9. The van der Waals surface area contributed by atoms with Gasteiger partial charge in [-0.3, -0.25) is 4.79 Å². The van der Waals surface area contributed by atoms with E-state index in [1.165, 1.54) is 5.56 Å². The standard InChI is InChI=1S/C17H20N2O2/c18-12-15-8-4-5-9-16(15)21-13-17(20)19-11-10-14-6-2-1-3-7-14/h1-9H,10-13,18H2,(H,19,20). The van der Waals surface area contributed by atoms with Crippen LogP contribution in [0.2, 0.25) is 0 Å². The number of carbonyl (C=O) groups excluding carboxylic acids is 1. The van der Waals surface area contributed by atoms with Crippen molar-refractivity contribution < 1.29 is 9.53 Å². The molecule has 0 unspecified atom stereocenters. The van der Waals surface area contributed by atoms with Gasteiger partial charge in [0, 0.05) is 18.7 Å². The molecule has 21 heavy (non-hydrogen) atoms. The van der Waals surface area contributed by atoms with Crippen LogP contribution in [0.5, 0.6) is 5.75 Å². The van der Waals surface area contributed by atoms with E-state index in [9.17, 15) is 4.79 Å². The number of carbonyl (C=O) groups is 1. The van der Waals surface area contributed by atoms with Crippen molar-refractivity contribution in [2.24, 2.45) is 5.73 Å². The molecule has 2 rings (SSSR count). The van der Waals surface area contributed by atoms with Gasteiger partial charge in [0.15, 0.2) is 6.61 Å². The van der Waals surface area contributed by atoms with E-state index in [4.69, 9.17) is 10.5 Å². The van der Waals surface area contributed by atoms with E-state index in [-0.39, 0.29) is 12.5 Å². The molecule has 2 aromatic rings. The quantitative estimate of drug-likeness (QED) is 0.816. The molecule has 0 fully saturated rings. The van der Waals surface area contributed by atoms with Crippen molar-refractivity contribution in [3.8, 4) is 5.75 Å². The van der Waals surface area contributed by atoms with Gasteiger partial charge in [-0.25, -0.2) is 0 Å². The van der Waals surface area contributed by atoms with Gasteiger partial charge in [0.1, 0.15) is 5.75 Å². The highest BCUT2D eigenvalue weighted by Gasteiger charge is 2.05. The average Bonchev–Trinajstić information content (AvgIpc) is 2.54. The number of amides is 1. The Labute approximate surface area is 124 Å². The van der Waals surface area contributed by atoms with Crippen LogP contribution in [0.4, 0.5) is 0 Å². The van der Waals surface area contributed by atoms with Crippen molar-refractivity contribution in [2.45, 2.75) is 13.0 Å². The maximum atomic E-state index is 11.7. The lowest BCUT2D eigenvalue weighted by Crippen LogP contribution is -2.30. The highest BCUT2D eigenvalue weighted by Crippen LogP contribution is 2.16. The molecular weight excluding hydrogens is 264 g/mol. The Hall–Kier alpha value is -2.33. The molecule has 0 aliphatic rings. The third-order valence-corrected chi connectivity index (χ3v) is 3.13. The summed E-state index contributed by atoms with van der Waals surface area (Å²) in [4.78, 5) is 11.7. The summed E-state index contributed by atoms with van der Waals surface area (Å²) >= 11 is 0. The lowest BCUT2D eigenvalue weighted by molar-refractivity contribution is -0.123. The van der Waals surface area contributed by atoms with Crippen LogP contribution in [0.25, 0.3) is 0 Å². The molecule has 4 heteroatoms. The fraction of sp³-hybridized carbons (Fsp3) is 0.235. The second-order valence-corrected chi connectivity index (χ2v) is 4.69. The van der Waals surface area contributed by atoms with Crippen LogP contribution in [-0.4, -0.2) is 19.1 Å². The van der Waals surface area contributed by atoms with Gasteiger partial charge < -0.3 is 15.8 Å². The molecule has 2 aromatic carbocycles. The van der Waals surface area contributed by atoms with Crippen molar-refractivity contribution >= 4 is 5.91 Å². The zero-order valence-corrected chi connectivity index (χ0v) is 11.9. The summed E-state index contributed by atoms with van der Waals surface area (Å²) in [6.07, 6.45) is 0.811. The van der Waals surface area contributed by atoms with E-state index in [2.05, 4.69) is 5.32 Å². The number of hydrogen-bond acceptors (Lipinski definition) is 3. The number of nitrogens with two attached hydrogens (primary N) is 1. The number of rotatable bonds is 7. The van der Waals surface area contributed by atoms with Crippen molar-refractivity contribution in [1.29, 1.82) is 0 Å². The summed E-state index contributed by atoms with van der Waals surface area (Å²) in [5.74, 6) is 0.538. The van der Waals surface area contributed by atoms with Crippen molar-refractivity contribution in [1.82, 2.24) is 5.32 Å². The van der Waals surface area contributed by atoms with Gasteiger partial charge in [-0.1, -0.05) is 48.5 Å². The van der Waals surface area contributed by atoms with Gasteiger partial charge in [-0.05, 0) is 18.1 Å². The van der Waals surface area contributed by atoms with Gasteiger partial charge in [0.2, 0.25) is 0 Å². The summed E-state index contributed by atoms with van der Waals surface area (Å²) in [5.41, 5.74) is 7.72. The van der Waals surface area contributed by atoms with Gasteiger partial charge >= 0.3 is 0 Å². The SMILES string of the molecule is NCc1ccccc1OCC(=O)NCCc1ccccc1. The van der Waals surface area contributed by atoms with Crippen LogP contribution in [0.15, 0.2) is 54.6 Å². The van der Waals surface area contributed by atoms with E-state index in [1.54, 1.807) is 0 Å². The Morgan fingerprint density at radius 3 is 2.52 bits per heavy atom. The first-order valence-electron chi connectivity index (χ1n) is 7.01. The van der Waals surface area contributed by atoms with Crippen molar-refractivity contribution in [2.75, 3.05) is 13.2 Å². The lowest BCUT2D eigenvalue weighted by Gasteiger charge is -2.10. The summed E-state index contributed by atoms with van der Waals surface area (Å²) in [6, 6.07) is 17.5. The Kier molecular flexibility index (Phi) is 5.79. The number of hydrogen-bond donors (Lipinski definition) is 2. The fourth-order valence-electron chi connectivity index (χ4n) is 2.00. The predicted octanol–water partition coefficient (Wildman–Crippen LogP) is 1.88. The molecule has 0 aliphatic carbocycles. The number of nitrogens with one attached hydrogen (secondary N) is 1. The van der Waals surface area contributed by atoms with Gasteiger partial charge in [0.05, 0.1) is 0 Å². The maximum Gasteiger partial charge on any atom is 0.257 e. The van der Waals surface area contributed by atoms with Crippen LogP contribution < -0.4 is 15.8 Å². The molecule has 0 saturated carbocycles. The molecule has 110 valence electrons. The molecule has 0 spiro atoms. The van der Waals surface area contributed by atoms with E-state index in [0.29, 0.717) is 18.8 Å². The van der Waals surface area contributed by atoms with E-state index >= 15 is 0 Å². The monoisotopic (exact) mass is 284 g/mol. The van der Waals surface area contributed by atoms with E-state index in [1.807, 2.05) is 54.6 Å². The molecule has 1 amide bonds. The molecule has 0 atom stereocenters. The molecule has 0 heterocycles. The largest absolute Gasteiger partial charge is 0.483 e. The Morgan fingerprint density at radius 2 is 1.76 bits per heavy atom. The third-order valence-electron chi connectivity index (χ3n) is 3.13. The summed E-state index contributed by atoms with van der Waals surface area (Å²) in [6.45, 7) is 1.00. The van der Waals surface area contributed by atoms with Crippen LogP contribution in [0, 0.1) is 0 Å². The van der Waals surface area contributed by atoms with Gasteiger partial charge in [-0.2, -0.15) is 0 Å². The third kappa shape index (κ3) is 4.93. The minimum atomic E-state index is -0.127. The Morgan fingerprint density at radius 1 is 1.05 bits per heavy atom. The predicted molar refractivity (Wildman–Crippen MR) is 83.0 cm³/mol. The van der Waals surface area contributed by atoms with Gasteiger partial charge in [0.25, 0.3) is 5.91 Å². The lowest BCUT2D eigenvalue weighted by atomic mass is 10.1. The highest BCUT2D eigenvalue weighted by atomic mass is 16.5. The molecule has 3 N–H and O–H groups in total.